The number of hydrogen-bond acceptors (Lipinski definition) is 6. The fraction of sp³-hybridized carbons (Fsp3) is 0.190. The fourth-order valence-corrected chi connectivity index (χ4v) is 4.27. The van der Waals surface area contributed by atoms with E-state index >= 15 is 0 Å². The topological polar surface area (TPSA) is 51.9 Å². The van der Waals surface area contributed by atoms with Crippen LogP contribution < -0.4 is 9.47 Å². The highest BCUT2D eigenvalue weighted by Crippen LogP contribution is 2.43. The lowest BCUT2D eigenvalue weighted by atomic mass is 10.00. The third-order valence-corrected chi connectivity index (χ3v) is 5.64. The number of furan rings is 1. The number of carbonyl (C=O) groups excluding carboxylic acids is 1. The van der Waals surface area contributed by atoms with Gasteiger partial charge in [0.05, 0.1) is 11.8 Å². The van der Waals surface area contributed by atoms with Crippen molar-refractivity contribution in [1.29, 1.82) is 0 Å². The summed E-state index contributed by atoms with van der Waals surface area (Å²) in [6.45, 7) is 4.04. The molecule has 0 unspecified atom stereocenters. The summed E-state index contributed by atoms with van der Waals surface area (Å²) in [6, 6.07) is 9.65. The predicted octanol–water partition coefficient (Wildman–Crippen LogP) is 4.62. The Morgan fingerprint density at radius 2 is 2.19 bits per heavy atom. The van der Waals surface area contributed by atoms with Crippen LogP contribution in [0.1, 0.15) is 32.1 Å². The molecule has 1 aromatic carbocycles. The van der Waals surface area contributed by atoms with Crippen LogP contribution in [-0.4, -0.2) is 17.4 Å². The highest BCUT2D eigenvalue weighted by molar-refractivity contribution is 7.09. The molecule has 0 amide bonds. The van der Waals surface area contributed by atoms with Gasteiger partial charge in [-0.15, -0.1) is 11.3 Å². The number of benzene rings is 1. The Kier molecular flexibility index (Phi) is 3.88. The quantitative estimate of drug-likeness (QED) is 0.622. The Morgan fingerprint density at radius 3 is 2.96 bits per heavy atom. The number of rotatable bonds is 3. The van der Waals surface area contributed by atoms with E-state index in [2.05, 4.69) is 22.4 Å². The van der Waals surface area contributed by atoms with Crippen molar-refractivity contribution in [1.82, 2.24) is 4.90 Å². The van der Waals surface area contributed by atoms with Crippen LogP contribution in [0.4, 0.5) is 0 Å². The molecule has 6 heteroatoms. The van der Waals surface area contributed by atoms with Gasteiger partial charge in [0.15, 0.2) is 5.76 Å². The smallest absolute Gasteiger partial charge is 0.232 e. The number of carbonyl (C=O) groups is 1. The third-order valence-electron chi connectivity index (χ3n) is 4.78. The van der Waals surface area contributed by atoms with Gasteiger partial charge < -0.3 is 13.9 Å². The maximum atomic E-state index is 12.8. The Balaban J connectivity index is 1.46. The predicted molar refractivity (Wildman–Crippen MR) is 102 cm³/mol. The van der Waals surface area contributed by atoms with E-state index in [0.717, 1.165) is 30.0 Å². The Hall–Kier alpha value is -2.83. The van der Waals surface area contributed by atoms with Gasteiger partial charge in [-0.2, -0.15) is 0 Å². The van der Waals surface area contributed by atoms with Crippen LogP contribution in [0.3, 0.4) is 0 Å². The molecule has 2 aromatic heterocycles. The van der Waals surface area contributed by atoms with Crippen molar-refractivity contribution in [2.24, 2.45) is 0 Å². The normalized spacial score (nSPS) is 17.5. The van der Waals surface area contributed by atoms with Crippen LogP contribution >= 0.6 is 11.3 Å². The first-order valence-corrected chi connectivity index (χ1v) is 9.59. The molecule has 0 N–H and O–H groups in total. The van der Waals surface area contributed by atoms with Gasteiger partial charge in [-0.25, -0.2) is 0 Å². The first-order chi connectivity index (χ1) is 13.2. The summed E-state index contributed by atoms with van der Waals surface area (Å²) in [5.74, 6) is 2.15. The van der Waals surface area contributed by atoms with E-state index in [0.29, 0.717) is 23.8 Å². The van der Waals surface area contributed by atoms with Gasteiger partial charge >= 0.3 is 0 Å². The summed E-state index contributed by atoms with van der Waals surface area (Å²) in [6.07, 6.45) is 3.20. The number of fused-ring (bicyclic) bond motifs is 2. The highest BCUT2D eigenvalue weighted by Gasteiger charge is 2.33. The van der Waals surface area contributed by atoms with Crippen molar-refractivity contribution in [3.63, 3.8) is 0 Å². The van der Waals surface area contributed by atoms with Gasteiger partial charge in [-0.1, -0.05) is 6.07 Å². The summed E-state index contributed by atoms with van der Waals surface area (Å²) in [4.78, 5) is 16.3. The molecule has 0 atom stereocenters. The average Bonchev–Trinajstić information content (AvgIpc) is 3.41. The summed E-state index contributed by atoms with van der Waals surface area (Å²) in [5.41, 5.74) is 2.48. The van der Waals surface area contributed by atoms with Crippen LogP contribution in [0.15, 0.2) is 52.2 Å². The SMILES string of the molecule is Cc1c2c(cc3c1O/C(=C\c1ccco1)C3=O)CN(Cc1cccs1)CO2. The zero-order chi connectivity index (χ0) is 18.4. The minimum atomic E-state index is -0.123. The lowest BCUT2D eigenvalue weighted by Gasteiger charge is -2.30. The zero-order valence-electron chi connectivity index (χ0n) is 14.7. The molecule has 136 valence electrons. The first-order valence-electron chi connectivity index (χ1n) is 8.71. The molecule has 2 aliphatic heterocycles. The van der Waals surface area contributed by atoms with E-state index in [1.54, 1.807) is 35.8 Å². The number of thiophene rings is 1. The van der Waals surface area contributed by atoms with E-state index < -0.39 is 0 Å². The van der Waals surface area contributed by atoms with E-state index in [1.807, 2.05) is 13.0 Å². The number of nitrogens with zero attached hydrogens (tertiary/aromatic N) is 1. The highest BCUT2D eigenvalue weighted by atomic mass is 32.1. The molecule has 2 aliphatic rings. The minimum absolute atomic E-state index is 0.123. The van der Waals surface area contributed by atoms with Crippen molar-refractivity contribution in [3.8, 4) is 11.5 Å². The van der Waals surface area contributed by atoms with Crippen LogP contribution in [0, 0.1) is 6.92 Å². The number of Topliss-reactive ketones (excluding diaryl/α,β-unsaturated/α-hetero) is 1. The molecule has 27 heavy (non-hydrogen) atoms. The first kappa shape index (κ1) is 16.4. The maximum Gasteiger partial charge on any atom is 0.232 e. The number of ketones is 1. The monoisotopic (exact) mass is 379 g/mol. The molecule has 0 bridgehead atoms. The maximum absolute atomic E-state index is 12.8. The zero-order valence-corrected chi connectivity index (χ0v) is 15.5. The van der Waals surface area contributed by atoms with Crippen LogP contribution in [0.5, 0.6) is 11.5 Å². The van der Waals surface area contributed by atoms with E-state index in [-0.39, 0.29) is 11.5 Å². The van der Waals surface area contributed by atoms with E-state index in [1.165, 1.54) is 4.88 Å². The molecule has 0 saturated heterocycles. The van der Waals surface area contributed by atoms with Gasteiger partial charge in [0.1, 0.15) is 24.0 Å². The van der Waals surface area contributed by atoms with Crippen molar-refractivity contribution in [3.05, 3.63) is 75.1 Å². The largest absolute Gasteiger partial charge is 0.477 e. The molecule has 0 spiro atoms. The second-order valence-corrected chi connectivity index (χ2v) is 7.69. The molecule has 4 heterocycles. The number of ether oxygens (including phenoxy) is 2. The van der Waals surface area contributed by atoms with Gasteiger partial charge in [-0.05, 0) is 36.6 Å². The summed E-state index contributed by atoms with van der Waals surface area (Å²) in [5, 5.41) is 2.08. The van der Waals surface area contributed by atoms with Gasteiger partial charge in [0, 0.05) is 35.2 Å². The second kappa shape index (κ2) is 6.40. The molecule has 0 radical (unpaired) electrons. The second-order valence-electron chi connectivity index (χ2n) is 6.66. The molecule has 0 saturated carbocycles. The molecule has 3 aromatic rings. The van der Waals surface area contributed by atoms with Crippen molar-refractivity contribution in [2.45, 2.75) is 20.0 Å². The molecular formula is C21H17NO4S. The number of allylic oxidation sites excluding steroid dienone is 1. The van der Waals surface area contributed by atoms with Crippen LogP contribution in [0.25, 0.3) is 6.08 Å². The van der Waals surface area contributed by atoms with Crippen molar-refractivity contribution < 1.29 is 18.7 Å². The Labute approximate surface area is 160 Å². The lowest BCUT2D eigenvalue weighted by molar-refractivity contribution is 0.0886. The molecular weight excluding hydrogens is 362 g/mol. The van der Waals surface area contributed by atoms with Crippen LogP contribution in [-0.2, 0) is 13.1 Å². The van der Waals surface area contributed by atoms with E-state index in [4.69, 9.17) is 13.9 Å². The lowest BCUT2D eigenvalue weighted by Crippen LogP contribution is -2.31. The van der Waals surface area contributed by atoms with E-state index in [9.17, 15) is 4.79 Å². The summed E-state index contributed by atoms with van der Waals surface area (Å²) < 4.78 is 17.2. The molecule has 0 aliphatic carbocycles. The fourth-order valence-electron chi connectivity index (χ4n) is 3.52. The minimum Gasteiger partial charge on any atom is -0.477 e. The van der Waals surface area contributed by atoms with Gasteiger partial charge in [0.25, 0.3) is 0 Å². The van der Waals surface area contributed by atoms with Gasteiger partial charge in [-0.3, -0.25) is 9.69 Å². The Bertz CT molecular complexity index is 1030. The molecule has 0 fully saturated rings. The third kappa shape index (κ3) is 2.87. The van der Waals surface area contributed by atoms with Gasteiger partial charge in [0.2, 0.25) is 5.78 Å². The summed E-state index contributed by atoms with van der Waals surface area (Å²) >= 11 is 1.74. The van der Waals surface area contributed by atoms with Crippen molar-refractivity contribution in [2.75, 3.05) is 6.73 Å². The van der Waals surface area contributed by atoms with Crippen molar-refractivity contribution >= 4 is 23.2 Å². The number of hydrogen-bond donors (Lipinski definition) is 0. The Morgan fingerprint density at radius 1 is 1.26 bits per heavy atom. The molecule has 5 rings (SSSR count). The average molecular weight is 379 g/mol. The molecule has 5 nitrogen and oxygen atoms in total. The van der Waals surface area contributed by atoms with Crippen LogP contribution in [0.2, 0.25) is 0 Å². The summed E-state index contributed by atoms with van der Waals surface area (Å²) in [7, 11) is 0. The standard InChI is InChI=1S/C21H17NO4S/c1-13-20-14(10-22(12-25-20)11-16-5-3-7-27-16)8-17-19(23)18(26-21(13)17)9-15-4-2-6-24-15/h2-9H,10-12H2,1H3/b18-9-.